The fraction of sp³-hybridized carbons (Fsp3) is 0.500. The second-order valence-corrected chi connectivity index (χ2v) is 5.36. The van der Waals surface area contributed by atoms with Gasteiger partial charge in [-0.3, -0.25) is 0 Å². The summed E-state index contributed by atoms with van der Waals surface area (Å²) in [5.41, 5.74) is 0.625. The molecule has 5 heteroatoms. The molecule has 2 rings (SSSR count). The number of hydrogen-bond acceptors (Lipinski definition) is 4. The molecule has 90 valence electrons. The lowest BCUT2D eigenvalue weighted by Gasteiger charge is -2.38. The van der Waals surface area contributed by atoms with Crippen molar-refractivity contribution in [1.29, 1.82) is 5.26 Å². The first kappa shape index (κ1) is 12.3. The SMILES string of the molecule is CC1CN(c2ncc(Br)cc2C#N)C(C)CN1. The quantitative estimate of drug-likeness (QED) is 0.860. The molecule has 1 saturated heterocycles. The lowest BCUT2D eigenvalue weighted by atomic mass is 10.1. The highest BCUT2D eigenvalue weighted by Crippen LogP contribution is 2.24. The molecule has 0 amide bonds. The first-order valence-electron chi connectivity index (χ1n) is 5.67. The Labute approximate surface area is 110 Å². The molecule has 1 aliphatic rings. The fourth-order valence-corrected chi connectivity index (χ4v) is 2.39. The van der Waals surface area contributed by atoms with Crippen molar-refractivity contribution in [2.24, 2.45) is 0 Å². The van der Waals surface area contributed by atoms with Crippen LogP contribution in [0.1, 0.15) is 19.4 Å². The van der Waals surface area contributed by atoms with Crippen LogP contribution in [-0.4, -0.2) is 30.2 Å². The van der Waals surface area contributed by atoms with E-state index in [9.17, 15) is 5.26 Å². The van der Waals surface area contributed by atoms with Gasteiger partial charge in [0, 0.05) is 35.8 Å². The monoisotopic (exact) mass is 294 g/mol. The Morgan fingerprint density at radius 2 is 2.35 bits per heavy atom. The van der Waals surface area contributed by atoms with Crippen molar-refractivity contribution in [2.75, 3.05) is 18.0 Å². The Balaban J connectivity index is 2.35. The van der Waals surface area contributed by atoms with E-state index >= 15 is 0 Å². The van der Waals surface area contributed by atoms with Gasteiger partial charge in [0.1, 0.15) is 11.9 Å². The number of aromatic nitrogens is 1. The van der Waals surface area contributed by atoms with E-state index < -0.39 is 0 Å². The van der Waals surface area contributed by atoms with Crippen molar-refractivity contribution in [1.82, 2.24) is 10.3 Å². The van der Waals surface area contributed by atoms with Gasteiger partial charge in [0.2, 0.25) is 0 Å². The molecule has 0 bridgehead atoms. The van der Waals surface area contributed by atoms with Crippen LogP contribution in [0.3, 0.4) is 0 Å². The molecule has 1 aliphatic heterocycles. The van der Waals surface area contributed by atoms with Gasteiger partial charge in [0.25, 0.3) is 0 Å². The molecule has 2 atom stereocenters. The van der Waals surface area contributed by atoms with Gasteiger partial charge in [-0.1, -0.05) is 0 Å². The highest BCUT2D eigenvalue weighted by Gasteiger charge is 2.25. The highest BCUT2D eigenvalue weighted by molar-refractivity contribution is 9.10. The number of hydrogen-bond donors (Lipinski definition) is 1. The van der Waals surface area contributed by atoms with E-state index in [1.807, 2.05) is 6.07 Å². The molecule has 2 unspecified atom stereocenters. The van der Waals surface area contributed by atoms with Crippen LogP contribution in [0.25, 0.3) is 0 Å². The zero-order valence-corrected chi connectivity index (χ0v) is 11.5. The van der Waals surface area contributed by atoms with E-state index in [1.165, 1.54) is 0 Å². The normalized spacial score (nSPS) is 24.5. The molecule has 1 aromatic rings. The average molecular weight is 295 g/mol. The number of pyridine rings is 1. The van der Waals surface area contributed by atoms with E-state index in [-0.39, 0.29) is 0 Å². The second-order valence-electron chi connectivity index (χ2n) is 4.45. The Bertz CT molecular complexity index is 454. The minimum Gasteiger partial charge on any atom is -0.350 e. The van der Waals surface area contributed by atoms with Gasteiger partial charge in [-0.2, -0.15) is 5.26 Å². The first-order valence-corrected chi connectivity index (χ1v) is 6.46. The molecule has 0 spiro atoms. The summed E-state index contributed by atoms with van der Waals surface area (Å²) in [6.45, 7) is 6.09. The van der Waals surface area contributed by atoms with Crippen molar-refractivity contribution in [2.45, 2.75) is 25.9 Å². The third kappa shape index (κ3) is 2.59. The number of anilines is 1. The minimum atomic E-state index is 0.354. The largest absolute Gasteiger partial charge is 0.350 e. The van der Waals surface area contributed by atoms with Crippen LogP contribution in [0.4, 0.5) is 5.82 Å². The van der Waals surface area contributed by atoms with E-state index in [2.05, 4.69) is 51.0 Å². The van der Waals surface area contributed by atoms with Crippen molar-refractivity contribution < 1.29 is 0 Å². The molecule has 4 nitrogen and oxygen atoms in total. The van der Waals surface area contributed by atoms with Crippen LogP contribution in [-0.2, 0) is 0 Å². The van der Waals surface area contributed by atoms with Crippen LogP contribution in [0.5, 0.6) is 0 Å². The lowest BCUT2D eigenvalue weighted by molar-refractivity contribution is 0.422. The fourth-order valence-electron chi connectivity index (χ4n) is 2.06. The van der Waals surface area contributed by atoms with Gasteiger partial charge in [0.05, 0.1) is 5.56 Å². The summed E-state index contributed by atoms with van der Waals surface area (Å²) >= 11 is 3.34. The van der Waals surface area contributed by atoms with Gasteiger partial charge in [-0.05, 0) is 35.8 Å². The molecule has 1 N–H and O–H groups in total. The molecule has 17 heavy (non-hydrogen) atoms. The van der Waals surface area contributed by atoms with E-state index in [4.69, 9.17) is 0 Å². The van der Waals surface area contributed by atoms with Crippen molar-refractivity contribution in [3.8, 4) is 6.07 Å². The summed E-state index contributed by atoms with van der Waals surface area (Å²) in [4.78, 5) is 6.59. The van der Waals surface area contributed by atoms with E-state index in [0.29, 0.717) is 17.6 Å². The highest BCUT2D eigenvalue weighted by atomic mass is 79.9. The van der Waals surface area contributed by atoms with Gasteiger partial charge in [-0.15, -0.1) is 0 Å². The summed E-state index contributed by atoms with van der Waals surface area (Å²) in [5, 5.41) is 12.6. The van der Waals surface area contributed by atoms with E-state index in [0.717, 1.165) is 23.4 Å². The van der Waals surface area contributed by atoms with Crippen molar-refractivity contribution >= 4 is 21.7 Å². The smallest absolute Gasteiger partial charge is 0.146 e. The molecular weight excluding hydrogens is 280 g/mol. The molecule has 0 aliphatic carbocycles. The van der Waals surface area contributed by atoms with Crippen LogP contribution < -0.4 is 10.2 Å². The van der Waals surface area contributed by atoms with Gasteiger partial charge in [0.15, 0.2) is 0 Å². The predicted molar refractivity (Wildman–Crippen MR) is 70.9 cm³/mol. The predicted octanol–water partition coefficient (Wildman–Crippen LogP) is 1.90. The summed E-state index contributed by atoms with van der Waals surface area (Å²) in [6.07, 6.45) is 1.75. The third-order valence-corrected chi connectivity index (χ3v) is 3.42. The zero-order valence-electron chi connectivity index (χ0n) is 9.94. The number of nitriles is 1. The van der Waals surface area contributed by atoms with Gasteiger partial charge >= 0.3 is 0 Å². The summed E-state index contributed by atoms with van der Waals surface area (Å²) < 4.78 is 0.841. The number of nitrogens with zero attached hydrogens (tertiary/aromatic N) is 3. The Kier molecular flexibility index (Phi) is 3.65. The van der Waals surface area contributed by atoms with Crippen molar-refractivity contribution in [3.05, 3.63) is 22.3 Å². The molecule has 2 heterocycles. The number of halogens is 1. The molecule has 0 aromatic carbocycles. The Morgan fingerprint density at radius 1 is 1.59 bits per heavy atom. The van der Waals surface area contributed by atoms with Gasteiger partial charge in [-0.25, -0.2) is 4.98 Å². The van der Waals surface area contributed by atoms with E-state index in [1.54, 1.807) is 6.20 Å². The maximum atomic E-state index is 9.17. The Hall–Kier alpha value is -1.12. The summed E-state index contributed by atoms with van der Waals surface area (Å²) in [7, 11) is 0. The topological polar surface area (TPSA) is 52.0 Å². The second kappa shape index (κ2) is 5.03. The minimum absolute atomic E-state index is 0.354. The molecule has 1 aromatic heterocycles. The maximum Gasteiger partial charge on any atom is 0.146 e. The molecule has 0 radical (unpaired) electrons. The van der Waals surface area contributed by atoms with Gasteiger partial charge < -0.3 is 10.2 Å². The van der Waals surface area contributed by atoms with Crippen LogP contribution in [0.2, 0.25) is 0 Å². The first-order chi connectivity index (χ1) is 8.11. The van der Waals surface area contributed by atoms with Crippen LogP contribution >= 0.6 is 15.9 Å². The number of rotatable bonds is 1. The maximum absolute atomic E-state index is 9.17. The standard InChI is InChI=1S/C12H15BrN4/c1-8-7-17(9(2)5-15-8)12-10(4-14)3-11(13)6-16-12/h3,6,8-9,15H,5,7H2,1-2H3. The van der Waals surface area contributed by atoms with Crippen molar-refractivity contribution in [3.63, 3.8) is 0 Å². The molecule has 1 fully saturated rings. The molecular formula is C12H15BrN4. The zero-order chi connectivity index (χ0) is 12.4. The average Bonchev–Trinajstić information content (AvgIpc) is 2.32. The summed E-state index contributed by atoms with van der Waals surface area (Å²) in [5.74, 6) is 0.788. The number of piperazine rings is 1. The third-order valence-electron chi connectivity index (χ3n) is 2.99. The van der Waals surface area contributed by atoms with Crippen LogP contribution in [0, 0.1) is 11.3 Å². The van der Waals surface area contributed by atoms with Crippen LogP contribution in [0.15, 0.2) is 16.7 Å². The number of nitrogens with one attached hydrogen (secondary N) is 1. The Morgan fingerprint density at radius 3 is 3.06 bits per heavy atom. The molecule has 0 saturated carbocycles. The summed E-state index contributed by atoms with van der Waals surface area (Å²) in [6, 6.07) is 4.81. The lowest BCUT2D eigenvalue weighted by Crippen LogP contribution is -2.54.